The third kappa shape index (κ3) is 2.08. The van der Waals surface area contributed by atoms with Crippen LogP contribution in [0.4, 0.5) is 0 Å². The van der Waals surface area contributed by atoms with Crippen molar-refractivity contribution in [3.63, 3.8) is 0 Å². The molecule has 4 N–H and O–H groups in total. The summed E-state index contributed by atoms with van der Waals surface area (Å²) in [5, 5.41) is 10.6. The van der Waals surface area contributed by atoms with Crippen molar-refractivity contribution >= 4 is 5.96 Å². The molecular formula is C7H16N4. The maximum atomic E-state index is 7.24. The number of hydrogen-bond donors (Lipinski definition) is 3. The van der Waals surface area contributed by atoms with Gasteiger partial charge in [0.2, 0.25) is 0 Å². The van der Waals surface area contributed by atoms with Gasteiger partial charge in [0.15, 0.2) is 5.96 Å². The molecule has 0 radical (unpaired) electrons. The van der Waals surface area contributed by atoms with Gasteiger partial charge in [-0.1, -0.05) is 0 Å². The predicted molar refractivity (Wildman–Crippen MR) is 45.5 cm³/mol. The molecule has 64 valence electrons. The third-order valence-electron chi connectivity index (χ3n) is 1.90. The summed E-state index contributed by atoms with van der Waals surface area (Å²) < 4.78 is 0. The number of piperazine rings is 1. The van der Waals surface area contributed by atoms with Crippen LogP contribution < -0.4 is 11.1 Å². The highest BCUT2D eigenvalue weighted by atomic mass is 15.3. The lowest BCUT2D eigenvalue weighted by Gasteiger charge is -2.36. The second-order valence-corrected chi connectivity index (χ2v) is 3.26. The number of hydrogen-bond acceptors (Lipinski definition) is 2. The maximum Gasteiger partial charge on any atom is 0.188 e. The molecule has 0 aliphatic carbocycles. The first-order valence-electron chi connectivity index (χ1n) is 3.94. The number of nitrogens with two attached hydrogens (primary N) is 1. The van der Waals surface area contributed by atoms with E-state index in [1.54, 1.807) is 0 Å². The molecule has 0 aromatic carbocycles. The van der Waals surface area contributed by atoms with Crippen LogP contribution in [0.1, 0.15) is 13.8 Å². The van der Waals surface area contributed by atoms with E-state index >= 15 is 0 Å². The first-order chi connectivity index (χ1) is 5.09. The zero-order valence-corrected chi connectivity index (χ0v) is 7.09. The minimum Gasteiger partial charge on any atom is -0.370 e. The molecule has 0 unspecified atom stereocenters. The van der Waals surface area contributed by atoms with Gasteiger partial charge < -0.3 is 16.0 Å². The van der Waals surface area contributed by atoms with Crippen molar-refractivity contribution in [1.82, 2.24) is 10.2 Å². The second kappa shape index (κ2) is 3.09. The first-order valence-corrected chi connectivity index (χ1v) is 3.94. The van der Waals surface area contributed by atoms with E-state index in [0.29, 0.717) is 12.1 Å². The van der Waals surface area contributed by atoms with Crippen LogP contribution in [-0.4, -0.2) is 36.0 Å². The Morgan fingerprint density at radius 1 is 1.45 bits per heavy atom. The summed E-state index contributed by atoms with van der Waals surface area (Å²) in [6.45, 7) is 5.90. The zero-order chi connectivity index (χ0) is 8.43. The molecule has 4 heteroatoms. The van der Waals surface area contributed by atoms with E-state index in [1.807, 2.05) is 4.90 Å². The highest BCUT2D eigenvalue weighted by Crippen LogP contribution is 2.01. The Hall–Kier alpha value is -0.770. The van der Waals surface area contributed by atoms with E-state index in [4.69, 9.17) is 11.1 Å². The Balaban J connectivity index is 2.49. The summed E-state index contributed by atoms with van der Waals surface area (Å²) in [5.74, 6) is 0.185. The lowest BCUT2D eigenvalue weighted by molar-refractivity contribution is 0.252. The van der Waals surface area contributed by atoms with Crippen molar-refractivity contribution in [1.29, 1.82) is 5.41 Å². The topological polar surface area (TPSA) is 65.1 Å². The molecule has 1 heterocycles. The maximum absolute atomic E-state index is 7.24. The molecule has 0 spiro atoms. The molecule has 0 aromatic rings. The Kier molecular flexibility index (Phi) is 2.34. The smallest absolute Gasteiger partial charge is 0.188 e. The largest absolute Gasteiger partial charge is 0.370 e. The fraction of sp³-hybridized carbons (Fsp3) is 0.857. The van der Waals surface area contributed by atoms with Gasteiger partial charge in [-0.3, -0.25) is 5.41 Å². The summed E-state index contributed by atoms with van der Waals surface area (Å²) >= 11 is 0. The quantitative estimate of drug-likeness (QED) is 0.329. The monoisotopic (exact) mass is 156 g/mol. The number of guanidine groups is 1. The van der Waals surface area contributed by atoms with E-state index in [0.717, 1.165) is 13.1 Å². The van der Waals surface area contributed by atoms with Crippen LogP contribution in [0.5, 0.6) is 0 Å². The molecule has 2 atom stereocenters. The molecule has 4 nitrogen and oxygen atoms in total. The normalized spacial score (nSPS) is 32.0. The van der Waals surface area contributed by atoms with Crippen LogP contribution in [0.25, 0.3) is 0 Å². The molecule has 0 bridgehead atoms. The average Bonchev–Trinajstić information content (AvgIpc) is 1.85. The Morgan fingerprint density at radius 2 is 1.91 bits per heavy atom. The predicted octanol–water partition coefficient (Wildman–Crippen LogP) is -0.438. The summed E-state index contributed by atoms with van der Waals surface area (Å²) in [6, 6.07) is 0.866. The molecule has 11 heavy (non-hydrogen) atoms. The van der Waals surface area contributed by atoms with Crippen molar-refractivity contribution in [3.8, 4) is 0 Å². The van der Waals surface area contributed by atoms with E-state index in [9.17, 15) is 0 Å². The standard InChI is InChI=1S/C7H16N4/c1-5-3-11(7(8)9)4-6(2)10-5/h5-6,10H,3-4H2,1-2H3,(H3,8,9)/t5-,6+. The minimum absolute atomic E-state index is 0.185. The molecule has 1 aliphatic heterocycles. The molecule has 1 aliphatic rings. The minimum atomic E-state index is 0.185. The summed E-state index contributed by atoms with van der Waals surface area (Å²) in [7, 11) is 0. The van der Waals surface area contributed by atoms with Gasteiger partial charge in [-0.05, 0) is 13.8 Å². The van der Waals surface area contributed by atoms with Gasteiger partial charge in [0.25, 0.3) is 0 Å². The van der Waals surface area contributed by atoms with Crippen molar-refractivity contribution in [2.45, 2.75) is 25.9 Å². The van der Waals surface area contributed by atoms with Crippen molar-refractivity contribution in [2.75, 3.05) is 13.1 Å². The summed E-state index contributed by atoms with van der Waals surface area (Å²) in [5.41, 5.74) is 5.37. The SMILES string of the molecule is C[C@@H]1CN(C(=N)N)C[C@H](C)N1. The summed E-state index contributed by atoms with van der Waals surface area (Å²) in [6.07, 6.45) is 0. The number of nitrogens with one attached hydrogen (secondary N) is 2. The van der Waals surface area contributed by atoms with Crippen LogP contribution in [0.15, 0.2) is 0 Å². The van der Waals surface area contributed by atoms with E-state index < -0.39 is 0 Å². The molecular weight excluding hydrogens is 140 g/mol. The molecule has 0 amide bonds. The van der Waals surface area contributed by atoms with Gasteiger partial charge in [-0.15, -0.1) is 0 Å². The fourth-order valence-electron chi connectivity index (χ4n) is 1.52. The van der Waals surface area contributed by atoms with Gasteiger partial charge in [-0.25, -0.2) is 0 Å². The van der Waals surface area contributed by atoms with Crippen molar-refractivity contribution < 1.29 is 0 Å². The molecule has 1 fully saturated rings. The lowest BCUT2D eigenvalue weighted by atomic mass is 10.1. The van der Waals surface area contributed by atoms with Crippen LogP contribution in [0, 0.1) is 5.41 Å². The zero-order valence-electron chi connectivity index (χ0n) is 7.09. The first kappa shape index (κ1) is 8.33. The van der Waals surface area contributed by atoms with Crippen LogP contribution in [-0.2, 0) is 0 Å². The highest BCUT2D eigenvalue weighted by Gasteiger charge is 2.20. The van der Waals surface area contributed by atoms with Crippen LogP contribution in [0.3, 0.4) is 0 Å². The molecule has 0 aromatic heterocycles. The van der Waals surface area contributed by atoms with Gasteiger partial charge in [0.05, 0.1) is 0 Å². The summed E-state index contributed by atoms with van der Waals surface area (Å²) in [4.78, 5) is 1.89. The van der Waals surface area contributed by atoms with E-state index in [2.05, 4.69) is 19.2 Å². The number of nitrogens with zero attached hydrogens (tertiary/aromatic N) is 1. The van der Waals surface area contributed by atoms with Gasteiger partial charge in [-0.2, -0.15) is 0 Å². The van der Waals surface area contributed by atoms with Crippen molar-refractivity contribution in [2.24, 2.45) is 5.73 Å². The third-order valence-corrected chi connectivity index (χ3v) is 1.90. The Bertz CT molecular complexity index is 147. The molecule has 0 saturated carbocycles. The van der Waals surface area contributed by atoms with Crippen molar-refractivity contribution in [3.05, 3.63) is 0 Å². The Labute approximate surface area is 67.3 Å². The van der Waals surface area contributed by atoms with Gasteiger partial charge in [0, 0.05) is 25.2 Å². The number of rotatable bonds is 0. The molecule has 1 rings (SSSR count). The van der Waals surface area contributed by atoms with E-state index in [1.165, 1.54) is 0 Å². The van der Waals surface area contributed by atoms with Crippen LogP contribution in [0.2, 0.25) is 0 Å². The van der Waals surface area contributed by atoms with E-state index in [-0.39, 0.29) is 5.96 Å². The highest BCUT2D eigenvalue weighted by molar-refractivity contribution is 5.74. The average molecular weight is 156 g/mol. The van der Waals surface area contributed by atoms with Crippen LogP contribution >= 0.6 is 0 Å². The van der Waals surface area contributed by atoms with Gasteiger partial charge >= 0.3 is 0 Å². The molecule has 1 saturated heterocycles. The lowest BCUT2D eigenvalue weighted by Crippen LogP contribution is -2.57. The Morgan fingerprint density at radius 3 is 2.27 bits per heavy atom. The fourth-order valence-corrected chi connectivity index (χ4v) is 1.52. The van der Waals surface area contributed by atoms with Gasteiger partial charge in [0.1, 0.15) is 0 Å². The second-order valence-electron chi connectivity index (χ2n) is 3.26.